The Kier molecular flexibility index (Phi) is 4.32. The molecule has 90 valence electrons. The highest BCUT2D eigenvalue weighted by atomic mass is 32.2. The lowest BCUT2D eigenvalue weighted by atomic mass is 10.2. The van der Waals surface area contributed by atoms with Crippen LogP contribution in [0.3, 0.4) is 0 Å². The van der Waals surface area contributed by atoms with E-state index in [0.29, 0.717) is 5.69 Å². The van der Waals surface area contributed by atoms with E-state index >= 15 is 0 Å². The van der Waals surface area contributed by atoms with E-state index in [1.165, 1.54) is 0 Å². The number of nitrogens with two attached hydrogens (primary N) is 1. The van der Waals surface area contributed by atoms with Gasteiger partial charge in [-0.05, 0) is 31.0 Å². The van der Waals surface area contributed by atoms with Crippen molar-refractivity contribution in [2.45, 2.75) is 32.1 Å². The third-order valence-corrected chi connectivity index (χ3v) is 3.80. The van der Waals surface area contributed by atoms with E-state index in [9.17, 15) is 8.42 Å². The molecule has 0 amide bonds. The zero-order valence-corrected chi connectivity index (χ0v) is 10.4. The Bertz CT molecular complexity index is 426. The molecule has 0 aromatic heterocycles. The topological polar surface area (TPSA) is 72.2 Å². The van der Waals surface area contributed by atoms with Crippen LogP contribution in [0, 0.1) is 0 Å². The first-order valence-electron chi connectivity index (χ1n) is 5.27. The van der Waals surface area contributed by atoms with Gasteiger partial charge in [-0.25, -0.2) is 13.1 Å². The van der Waals surface area contributed by atoms with E-state index in [1.54, 1.807) is 24.3 Å². The molecule has 16 heavy (non-hydrogen) atoms. The van der Waals surface area contributed by atoms with Crippen LogP contribution in [-0.4, -0.2) is 14.5 Å². The summed E-state index contributed by atoms with van der Waals surface area (Å²) in [5, 5.41) is 0. The molecular weight excluding hydrogens is 224 g/mol. The fraction of sp³-hybridized carbons (Fsp3) is 0.455. The van der Waals surface area contributed by atoms with Gasteiger partial charge in [-0.2, -0.15) is 0 Å². The minimum absolute atomic E-state index is 0.00236. The number of nitrogen functional groups attached to an aromatic ring is 1. The average molecular weight is 242 g/mol. The normalized spacial score (nSPS) is 13.6. The minimum atomic E-state index is -3.25. The average Bonchev–Trinajstić information content (AvgIpc) is 2.20. The van der Waals surface area contributed by atoms with Gasteiger partial charge in [-0.3, -0.25) is 0 Å². The summed E-state index contributed by atoms with van der Waals surface area (Å²) in [7, 11) is -3.25. The van der Waals surface area contributed by atoms with Gasteiger partial charge in [0.2, 0.25) is 10.0 Å². The SMILES string of the molecule is CCC(C)NS(=O)(=O)Cc1ccc(N)cc1. The summed E-state index contributed by atoms with van der Waals surface area (Å²) in [6.07, 6.45) is 0.779. The zero-order valence-electron chi connectivity index (χ0n) is 9.60. The Labute approximate surface area is 96.9 Å². The molecule has 5 heteroatoms. The lowest BCUT2D eigenvalue weighted by Crippen LogP contribution is -2.32. The Morgan fingerprint density at radius 2 is 1.88 bits per heavy atom. The van der Waals surface area contributed by atoms with Gasteiger partial charge in [-0.1, -0.05) is 19.1 Å². The highest BCUT2D eigenvalue weighted by molar-refractivity contribution is 7.88. The molecule has 0 aliphatic heterocycles. The van der Waals surface area contributed by atoms with E-state index in [4.69, 9.17) is 5.73 Å². The number of hydrogen-bond donors (Lipinski definition) is 2. The maximum atomic E-state index is 11.7. The molecule has 1 atom stereocenters. The maximum absolute atomic E-state index is 11.7. The summed E-state index contributed by atoms with van der Waals surface area (Å²) in [5.41, 5.74) is 6.90. The van der Waals surface area contributed by atoms with Gasteiger partial charge in [0.1, 0.15) is 0 Å². The molecule has 0 radical (unpaired) electrons. The van der Waals surface area contributed by atoms with Crippen LogP contribution in [0.5, 0.6) is 0 Å². The van der Waals surface area contributed by atoms with Crippen molar-refractivity contribution in [3.8, 4) is 0 Å². The van der Waals surface area contributed by atoms with Crippen molar-refractivity contribution >= 4 is 15.7 Å². The Morgan fingerprint density at radius 1 is 1.31 bits per heavy atom. The van der Waals surface area contributed by atoms with Crippen LogP contribution in [0.25, 0.3) is 0 Å². The maximum Gasteiger partial charge on any atom is 0.216 e. The van der Waals surface area contributed by atoms with Crippen LogP contribution >= 0.6 is 0 Å². The fourth-order valence-electron chi connectivity index (χ4n) is 1.26. The number of rotatable bonds is 5. The van der Waals surface area contributed by atoms with Gasteiger partial charge in [0.15, 0.2) is 0 Å². The van der Waals surface area contributed by atoms with Gasteiger partial charge < -0.3 is 5.73 Å². The van der Waals surface area contributed by atoms with Gasteiger partial charge in [0, 0.05) is 11.7 Å². The number of anilines is 1. The number of benzene rings is 1. The Hall–Kier alpha value is -1.07. The molecule has 0 saturated heterocycles. The van der Waals surface area contributed by atoms with Crippen molar-refractivity contribution in [3.05, 3.63) is 29.8 Å². The van der Waals surface area contributed by atoms with Gasteiger partial charge in [0.05, 0.1) is 5.75 Å². The van der Waals surface area contributed by atoms with Gasteiger partial charge in [-0.15, -0.1) is 0 Å². The first kappa shape index (κ1) is 13.0. The summed E-state index contributed by atoms with van der Waals surface area (Å²) < 4.78 is 26.0. The summed E-state index contributed by atoms with van der Waals surface area (Å²) in [4.78, 5) is 0. The Balaban J connectivity index is 2.69. The minimum Gasteiger partial charge on any atom is -0.399 e. The molecule has 0 saturated carbocycles. The summed E-state index contributed by atoms with van der Waals surface area (Å²) in [6.45, 7) is 3.79. The molecule has 0 fully saturated rings. The van der Waals surface area contributed by atoms with Crippen LogP contribution in [0.4, 0.5) is 5.69 Å². The van der Waals surface area contributed by atoms with Crippen molar-refractivity contribution in [3.63, 3.8) is 0 Å². The van der Waals surface area contributed by atoms with Crippen molar-refractivity contribution in [2.75, 3.05) is 5.73 Å². The zero-order chi connectivity index (χ0) is 12.2. The third kappa shape index (κ3) is 4.20. The van der Waals surface area contributed by atoms with Crippen molar-refractivity contribution in [2.24, 2.45) is 0 Å². The quantitative estimate of drug-likeness (QED) is 0.768. The van der Waals surface area contributed by atoms with E-state index in [0.717, 1.165) is 12.0 Å². The highest BCUT2D eigenvalue weighted by Gasteiger charge is 2.13. The molecule has 0 spiro atoms. The fourth-order valence-corrected chi connectivity index (χ4v) is 2.76. The monoisotopic (exact) mass is 242 g/mol. The second-order valence-electron chi connectivity index (χ2n) is 3.93. The van der Waals surface area contributed by atoms with Crippen molar-refractivity contribution in [1.82, 2.24) is 4.72 Å². The second-order valence-corrected chi connectivity index (χ2v) is 5.68. The van der Waals surface area contributed by atoms with Crippen LogP contribution in [-0.2, 0) is 15.8 Å². The highest BCUT2D eigenvalue weighted by Crippen LogP contribution is 2.09. The first-order valence-corrected chi connectivity index (χ1v) is 6.92. The van der Waals surface area contributed by atoms with E-state index in [-0.39, 0.29) is 11.8 Å². The molecule has 0 aliphatic rings. The summed E-state index contributed by atoms with van der Waals surface area (Å²) in [6, 6.07) is 6.83. The molecule has 1 aromatic rings. The molecular formula is C11H18N2O2S. The standard InChI is InChI=1S/C11H18N2O2S/c1-3-9(2)13-16(14,15)8-10-4-6-11(12)7-5-10/h4-7,9,13H,3,8,12H2,1-2H3. The van der Waals surface area contributed by atoms with Gasteiger partial charge in [0.25, 0.3) is 0 Å². The predicted molar refractivity (Wildman–Crippen MR) is 66.4 cm³/mol. The smallest absolute Gasteiger partial charge is 0.216 e. The number of nitrogens with one attached hydrogen (secondary N) is 1. The lowest BCUT2D eigenvalue weighted by molar-refractivity contribution is 0.555. The van der Waals surface area contributed by atoms with E-state index < -0.39 is 10.0 Å². The second kappa shape index (κ2) is 5.32. The van der Waals surface area contributed by atoms with Crippen LogP contribution in [0.15, 0.2) is 24.3 Å². The molecule has 1 rings (SSSR count). The third-order valence-electron chi connectivity index (χ3n) is 2.33. The van der Waals surface area contributed by atoms with Crippen molar-refractivity contribution < 1.29 is 8.42 Å². The summed E-state index contributed by atoms with van der Waals surface area (Å²) >= 11 is 0. The molecule has 3 N–H and O–H groups in total. The summed E-state index contributed by atoms with van der Waals surface area (Å²) in [5.74, 6) is -0.00236. The van der Waals surface area contributed by atoms with E-state index in [1.807, 2.05) is 13.8 Å². The molecule has 0 bridgehead atoms. The Morgan fingerprint density at radius 3 is 2.38 bits per heavy atom. The number of sulfonamides is 1. The van der Waals surface area contributed by atoms with E-state index in [2.05, 4.69) is 4.72 Å². The predicted octanol–water partition coefficient (Wildman–Crippen LogP) is 1.49. The van der Waals surface area contributed by atoms with Crippen LogP contribution < -0.4 is 10.5 Å². The largest absolute Gasteiger partial charge is 0.399 e. The van der Waals surface area contributed by atoms with Crippen LogP contribution in [0.1, 0.15) is 25.8 Å². The molecule has 1 aromatic carbocycles. The molecule has 4 nitrogen and oxygen atoms in total. The van der Waals surface area contributed by atoms with Crippen molar-refractivity contribution in [1.29, 1.82) is 0 Å². The van der Waals surface area contributed by atoms with Gasteiger partial charge >= 0.3 is 0 Å². The van der Waals surface area contributed by atoms with Crippen LogP contribution in [0.2, 0.25) is 0 Å². The number of hydrogen-bond acceptors (Lipinski definition) is 3. The lowest BCUT2D eigenvalue weighted by Gasteiger charge is -2.11. The first-order chi connectivity index (χ1) is 7.43. The molecule has 0 aliphatic carbocycles. The molecule has 1 unspecified atom stereocenters. The molecule has 0 heterocycles.